The predicted octanol–water partition coefficient (Wildman–Crippen LogP) is 5.57. The Bertz CT molecular complexity index is 1020. The molecule has 2 N–H and O–H groups in total. The molecule has 2 fully saturated rings. The molecule has 0 amide bonds. The van der Waals surface area contributed by atoms with E-state index in [4.69, 9.17) is 4.74 Å². The van der Waals surface area contributed by atoms with Gasteiger partial charge in [-0.15, -0.1) is 0 Å². The minimum Gasteiger partial charge on any atom is -0.490 e. The number of hydrogen-bond donors (Lipinski definition) is 2. The summed E-state index contributed by atoms with van der Waals surface area (Å²) in [6.07, 6.45) is 5.22. The second kappa shape index (κ2) is 9.57. The molecule has 0 atom stereocenters. The Morgan fingerprint density at radius 2 is 1.53 bits per heavy atom. The van der Waals surface area contributed by atoms with E-state index in [0.717, 1.165) is 40.8 Å². The number of benzene rings is 2. The van der Waals surface area contributed by atoms with Gasteiger partial charge in [0.25, 0.3) is 0 Å². The van der Waals surface area contributed by atoms with Crippen molar-refractivity contribution in [1.82, 2.24) is 4.90 Å². The van der Waals surface area contributed by atoms with Crippen molar-refractivity contribution in [2.24, 2.45) is 16.7 Å². The number of rotatable bonds is 6. The first-order chi connectivity index (χ1) is 16.1. The zero-order valence-electron chi connectivity index (χ0n) is 20.5. The highest BCUT2D eigenvalue weighted by atomic mass is 16.5. The molecule has 2 aromatic carbocycles. The van der Waals surface area contributed by atoms with Crippen LogP contribution in [0, 0.1) is 16.7 Å². The fraction of sp³-hybridized carbons (Fsp3) is 0.571. The maximum absolute atomic E-state index is 11.5. The zero-order chi connectivity index (χ0) is 24.5. The van der Waals surface area contributed by atoms with Crippen LogP contribution in [-0.2, 0) is 16.1 Å². The highest BCUT2D eigenvalue weighted by Gasteiger charge is 2.48. The van der Waals surface area contributed by atoms with Crippen molar-refractivity contribution in [3.63, 3.8) is 0 Å². The van der Waals surface area contributed by atoms with Crippen LogP contribution in [0.3, 0.4) is 0 Å². The van der Waals surface area contributed by atoms with Crippen LogP contribution in [0.4, 0.5) is 0 Å². The van der Waals surface area contributed by atoms with Gasteiger partial charge in [-0.25, -0.2) is 0 Å². The maximum atomic E-state index is 11.5. The van der Waals surface area contributed by atoms with Crippen LogP contribution in [0.25, 0.3) is 10.8 Å². The minimum absolute atomic E-state index is 0.129. The van der Waals surface area contributed by atoms with Crippen molar-refractivity contribution < 1.29 is 24.5 Å². The van der Waals surface area contributed by atoms with E-state index < -0.39 is 17.4 Å². The Labute approximate surface area is 201 Å². The Morgan fingerprint density at radius 1 is 0.941 bits per heavy atom. The third-order valence-electron chi connectivity index (χ3n) is 8.01. The summed E-state index contributed by atoms with van der Waals surface area (Å²) >= 11 is 0. The molecule has 2 aromatic rings. The molecule has 1 saturated heterocycles. The van der Waals surface area contributed by atoms with Crippen molar-refractivity contribution in [2.45, 2.75) is 71.9 Å². The number of carboxylic acids is 2. The molecular weight excluding hydrogens is 430 g/mol. The molecule has 0 unspecified atom stereocenters. The quantitative estimate of drug-likeness (QED) is 0.540. The predicted molar refractivity (Wildman–Crippen MR) is 132 cm³/mol. The van der Waals surface area contributed by atoms with Crippen LogP contribution in [0.5, 0.6) is 5.75 Å². The molecule has 4 rings (SSSR count). The van der Waals surface area contributed by atoms with E-state index >= 15 is 0 Å². The summed E-state index contributed by atoms with van der Waals surface area (Å²) in [5.74, 6) is -0.766. The summed E-state index contributed by atoms with van der Waals surface area (Å²) in [5.41, 5.74) is -0.141. The first-order valence-electron chi connectivity index (χ1n) is 12.5. The number of carboxylic acid groups (broad SMARTS) is 2. The average Bonchev–Trinajstić information content (AvgIpc) is 2.79. The zero-order valence-corrected chi connectivity index (χ0v) is 20.5. The van der Waals surface area contributed by atoms with Gasteiger partial charge in [-0.05, 0) is 84.4 Å². The third kappa shape index (κ3) is 5.22. The molecule has 0 aromatic heterocycles. The molecule has 6 heteroatoms. The van der Waals surface area contributed by atoms with Gasteiger partial charge < -0.3 is 14.9 Å². The second-order valence-electron chi connectivity index (χ2n) is 11.3. The fourth-order valence-corrected chi connectivity index (χ4v) is 5.55. The summed E-state index contributed by atoms with van der Waals surface area (Å²) < 4.78 is 6.33. The standard InChI is InChI=1S/C28H37NO5/c1-27(2,3)22-7-10-23(11-8-22)34-24-9-6-20-16-19(4-5-21(20)17-24)18-29-14-12-28(13-15-29,25(30)31)26(32)33/h4-6,9,16-17,22-23H,7-8,10-15,18H2,1-3H3,(H,30,31)(H,32,33). The largest absolute Gasteiger partial charge is 0.490 e. The molecule has 2 aliphatic rings. The van der Waals surface area contributed by atoms with Gasteiger partial charge in [0.05, 0.1) is 6.10 Å². The molecule has 34 heavy (non-hydrogen) atoms. The van der Waals surface area contributed by atoms with Crippen LogP contribution in [-0.4, -0.2) is 46.2 Å². The molecule has 1 heterocycles. The van der Waals surface area contributed by atoms with Crippen LogP contribution < -0.4 is 4.74 Å². The number of fused-ring (bicyclic) bond motifs is 1. The van der Waals surface area contributed by atoms with E-state index in [0.29, 0.717) is 25.0 Å². The molecule has 0 spiro atoms. The monoisotopic (exact) mass is 467 g/mol. The van der Waals surface area contributed by atoms with Crippen LogP contribution >= 0.6 is 0 Å². The smallest absolute Gasteiger partial charge is 0.321 e. The fourth-order valence-electron chi connectivity index (χ4n) is 5.55. The average molecular weight is 468 g/mol. The Hall–Kier alpha value is -2.60. The lowest BCUT2D eigenvalue weighted by atomic mass is 9.72. The summed E-state index contributed by atoms with van der Waals surface area (Å²) in [4.78, 5) is 25.2. The lowest BCUT2D eigenvalue weighted by Gasteiger charge is -2.37. The SMILES string of the molecule is CC(C)(C)C1CCC(Oc2ccc3cc(CN4CCC(C(=O)O)(C(=O)O)CC4)ccc3c2)CC1. The maximum Gasteiger partial charge on any atom is 0.321 e. The Balaban J connectivity index is 1.35. The van der Waals surface area contributed by atoms with E-state index in [-0.39, 0.29) is 18.9 Å². The third-order valence-corrected chi connectivity index (χ3v) is 8.01. The van der Waals surface area contributed by atoms with E-state index in [1.165, 1.54) is 12.8 Å². The first kappa shape index (κ1) is 24.5. The van der Waals surface area contributed by atoms with Crippen molar-refractivity contribution in [1.29, 1.82) is 0 Å². The Morgan fingerprint density at radius 3 is 2.12 bits per heavy atom. The van der Waals surface area contributed by atoms with Gasteiger partial charge in [0.2, 0.25) is 0 Å². The van der Waals surface area contributed by atoms with E-state index in [9.17, 15) is 19.8 Å². The van der Waals surface area contributed by atoms with E-state index in [2.05, 4.69) is 62.1 Å². The van der Waals surface area contributed by atoms with Crippen LogP contribution in [0.1, 0.15) is 64.9 Å². The Kier molecular flexibility index (Phi) is 6.90. The molecular formula is C28H37NO5. The number of hydrogen-bond acceptors (Lipinski definition) is 4. The normalized spacial score (nSPS) is 23.5. The lowest BCUT2D eigenvalue weighted by molar-refractivity contribution is -0.168. The lowest BCUT2D eigenvalue weighted by Crippen LogP contribution is -2.48. The molecule has 1 aliphatic carbocycles. The number of aliphatic carboxylic acids is 2. The summed E-state index contributed by atoms with van der Waals surface area (Å²) in [6.45, 7) is 8.60. The topological polar surface area (TPSA) is 87.1 Å². The van der Waals surface area contributed by atoms with Crippen molar-refractivity contribution in [3.05, 3.63) is 42.0 Å². The molecule has 0 radical (unpaired) electrons. The molecule has 1 aliphatic heterocycles. The van der Waals surface area contributed by atoms with Gasteiger partial charge in [-0.3, -0.25) is 14.5 Å². The molecule has 0 bridgehead atoms. The second-order valence-corrected chi connectivity index (χ2v) is 11.3. The summed E-state index contributed by atoms with van der Waals surface area (Å²) in [5, 5.41) is 21.1. The first-order valence-corrected chi connectivity index (χ1v) is 12.5. The highest BCUT2D eigenvalue weighted by molar-refractivity contribution is 5.98. The van der Waals surface area contributed by atoms with Crippen LogP contribution in [0.15, 0.2) is 36.4 Å². The van der Waals surface area contributed by atoms with Gasteiger partial charge in [0, 0.05) is 19.6 Å². The van der Waals surface area contributed by atoms with E-state index in [1.54, 1.807) is 0 Å². The molecule has 6 nitrogen and oxygen atoms in total. The number of nitrogens with zero attached hydrogens (tertiary/aromatic N) is 1. The minimum atomic E-state index is -1.65. The molecule has 184 valence electrons. The number of carbonyl (C=O) groups is 2. The number of ether oxygens (including phenoxy) is 1. The van der Waals surface area contributed by atoms with Crippen molar-refractivity contribution >= 4 is 22.7 Å². The van der Waals surface area contributed by atoms with E-state index in [1.807, 2.05) is 0 Å². The number of likely N-dealkylation sites (tertiary alicyclic amines) is 1. The van der Waals surface area contributed by atoms with Gasteiger partial charge in [-0.2, -0.15) is 0 Å². The van der Waals surface area contributed by atoms with Crippen molar-refractivity contribution in [3.8, 4) is 5.75 Å². The van der Waals surface area contributed by atoms with Crippen molar-refractivity contribution in [2.75, 3.05) is 13.1 Å². The molecule has 1 saturated carbocycles. The van der Waals surface area contributed by atoms with Crippen LogP contribution in [0.2, 0.25) is 0 Å². The summed E-state index contributed by atoms with van der Waals surface area (Å²) in [6, 6.07) is 12.6. The van der Waals surface area contributed by atoms with Gasteiger partial charge in [0.15, 0.2) is 5.41 Å². The highest BCUT2D eigenvalue weighted by Crippen LogP contribution is 2.39. The van der Waals surface area contributed by atoms with Gasteiger partial charge in [-0.1, -0.05) is 39.0 Å². The van der Waals surface area contributed by atoms with Gasteiger partial charge in [0.1, 0.15) is 5.75 Å². The number of piperidine rings is 1. The summed E-state index contributed by atoms with van der Waals surface area (Å²) in [7, 11) is 0. The van der Waals surface area contributed by atoms with Gasteiger partial charge >= 0.3 is 11.9 Å².